The van der Waals surface area contributed by atoms with E-state index in [1.54, 1.807) is 7.11 Å². The van der Waals surface area contributed by atoms with Crippen LogP contribution in [-0.4, -0.2) is 53.1 Å². The molecule has 0 saturated carbocycles. The maximum absolute atomic E-state index is 5.60. The normalized spacial score (nSPS) is 14.7. The monoisotopic (exact) mass is 602 g/mol. The molecule has 1 unspecified atom stereocenters. The molecule has 1 N–H and O–H groups in total. The second-order valence-electron chi connectivity index (χ2n) is 10.3. The zero-order valence-electron chi connectivity index (χ0n) is 23.6. The summed E-state index contributed by atoms with van der Waals surface area (Å²) in [6, 6.07) is 30.4. The molecular formula is C32H41Cl3N4O. The standard InChI is InChI=1S/C32H38N4O.3ClH/c1-23(2)30(29-24(3)33-32(34-29)27-17-11-12-18-28(27)37-4)35-19-21-36(22-20-35)31(25-13-7-5-8-14-25)26-15-9-6-10-16-26;;;/h5-18,23,30-31H,19-22H2,1-4H3,(H,33,34);3*1H. The number of aromatic nitrogens is 2. The summed E-state index contributed by atoms with van der Waals surface area (Å²) in [6.07, 6.45) is 0. The Morgan fingerprint density at radius 1 is 0.725 bits per heavy atom. The van der Waals surface area contributed by atoms with Crippen molar-refractivity contribution in [3.05, 3.63) is 107 Å². The van der Waals surface area contributed by atoms with E-state index in [1.807, 2.05) is 18.2 Å². The average Bonchev–Trinajstić information content (AvgIpc) is 3.31. The molecule has 1 saturated heterocycles. The van der Waals surface area contributed by atoms with E-state index < -0.39 is 0 Å². The minimum absolute atomic E-state index is 0. The first-order chi connectivity index (χ1) is 18.1. The number of nitrogens with one attached hydrogen (secondary N) is 1. The van der Waals surface area contributed by atoms with Crippen LogP contribution in [0, 0.1) is 12.8 Å². The van der Waals surface area contributed by atoms with Crippen molar-refractivity contribution in [2.75, 3.05) is 33.3 Å². The summed E-state index contributed by atoms with van der Waals surface area (Å²) in [5.41, 5.74) is 5.99. The molecule has 216 valence electrons. The number of hydrogen-bond donors (Lipinski definition) is 1. The van der Waals surface area contributed by atoms with Gasteiger partial charge in [0.05, 0.1) is 30.5 Å². The number of imidazole rings is 1. The molecule has 40 heavy (non-hydrogen) atoms. The lowest BCUT2D eigenvalue weighted by molar-refractivity contribution is 0.0599. The largest absolute Gasteiger partial charge is 0.496 e. The first-order valence-corrected chi connectivity index (χ1v) is 13.3. The molecular weight excluding hydrogens is 563 g/mol. The second kappa shape index (κ2) is 15.5. The molecule has 3 aromatic carbocycles. The van der Waals surface area contributed by atoms with Crippen LogP contribution in [0.3, 0.4) is 0 Å². The fraction of sp³-hybridized carbons (Fsp3) is 0.344. The predicted octanol–water partition coefficient (Wildman–Crippen LogP) is 7.76. The SMILES string of the molecule is COc1ccccc1-c1nc(C(C(C)C)N2CCN(C(c3ccccc3)c3ccccc3)CC2)c(C)[nH]1.Cl.Cl.Cl. The third-order valence-electron chi connectivity index (χ3n) is 7.53. The topological polar surface area (TPSA) is 44.4 Å². The molecule has 1 aliphatic rings. The van der Waals surface area contributed by atoms with Crippen molar-refractivity contribution < 1.29 is 4.74 Å². The van der Waals surface area contributed by atoms with Gasteiger partial charge in [0.15, 0.2) is 0 Å². The lowest BCUT2D eigenvalue weighted by Gasteiger charge is -2.43. The number of aryl methyl sites for hydroxylation is 1. The number of hydrogen-bond acceptors (Lipinski definition) is 4. The summed E-state index contributed by atoms with van der Waals surface area (Å²) in [5.74, 6) is 2.16. The van der Waals surface area contributed by atoms with Gasteiger partial charge in [-0.25, -0.2) is 4.98 Å². The summed E-state index contributed by atoms with van der Waals surface area (Å²) in [6.45, 7) is 10.8. The van der Waals surface area contributed by atoms with Crippen LogP contribution < -0.4 is 4.74 Å². The third-order valence-corrected chi connectivity index (χ3v) is 7.53. The number of H-pyrrole nitrogens is 1. The molecule has 8 heteroatoms. The lowest BCUT2D eigenvalue weighted by atomic mass is 9.94. The molecule has 1 fully saturated rings. The Hall–Kier alpha value is -2.54. The minimum atomic E-state index is 0. The second-order valence-corrected chi connectivity index (χ2v) is 10.3. The van der Waals surface area contributed by atoms with Gasteiger partial charge in [-0.2, -0.15) is 0 Å². The van der Waals surface area contributed by atoms with Gasteiger partial charge < -0.3 is 9.72 Å². The molecule has 0 aliphatic carbocycles. The number of para-hydroxylation sites is 1. The van der Waals surface area contributed by atoms with Crippen LogP contribution in [0.2, 0.25) is 0 Å². The quantitative estimate of drug-likeness (QED) is 0.224. The highest BCUT2D eigenvalue weighted by atomic mass is 35.5. The summed E-state index contributed by atoms with van der Waals surface area (Å²) in [4.78, 5) is 14.0. The zero-order chi connectivity index (χ0) is 25.8. The van der Waals surface area contributed by atoms with Gasteiger partial charge in [-0.1, -0.05) is 86.6 Å². The molecule has 0 amide bonds. The summed E-state index contributed by atoms with van der Waals surface area (Å²) < 4.78 is 5.60. The Balaban J connectivity index is 0.00000187. The highest BCUT2D eigenvalue weighted by Gasteiger charge is 2.33. The number of aromatic amines is 1. The number of piperazine rings is 1. The minimum Gasteiger partial charge on any atom is -0.496 e. The van der Waals surface area contributed by atoms with Gasteiger partial charge in [0, 0.05) is 31.9 Å². The number of methoxy groups -OCH3 is 1. The van der Waals surface area contributed by atoms with Crippen LogP contribution >= 0.6 is 37.2 Å². The predicted molar refractivity (Wildman–Crippen MR) is 173 cm³/mol. The molecule has 1 aromatic heterocycles. The zero-order valence-corrected chi connectivity index (χ0v) is 26.1. The molecule has 4 aromatic rings. The van der Waals surface area contributed by atoms with Crippen LogP contribution in [0.5, 0.6) is 5.75 Å². The smallest absolute Gasteiger partial charge is 0.141 e. The van der Waals surface area contributed by atoms with Crippen molar-refractivity contribution in [3.63, 3.8) is 0 Å². The van der Waals surface area contributed by atoms with E-state index >= 15 is 0 Å². The molecule has 1 atom stereocenters. The Bertz CT molecular complexity index is 1250. The maximum Gasteiger partial charge on any atom is 0.141 e. The fourth-order valence-corrected chi connectivity index (χ4v) is 5.80. The molecule has 5 rings (SSSR count). The lowest BCUT2D eigenvalue weighted by Crippen LogP contribution is -2.50. The maximum atomic E-state index is 5.60. The van der Waals surface area contributed by atoms with Crippen molar-refractivity contribution in [1.82, 2.24) is 19.8 Å². The molecule has 2 heterocycles. The Kier molecular flexibility index (Phi) is 13.0. The van der Waals surface area contributed by atoms with Crippen LogP contribution in [0.4, 0.5) is 0 Å². The fourth-order valence-electron chi connectivity index (χ4n) is 5.80. The van der Waals surface area contributed by atoms with Crippen LogP contribution in [-0.2, 0) is 0 Å². The molecule has 0 bridgehead atoms. The van der Waals surface area contributed by atoms with E-state index in [0.717, 1.165) is 54.7 Å². The van der Waals surface area contributed by atoms with E-state index in [0.29, 0.717) is 5.92 Å². The van der Waals surface area contributed by atoms with Gasteiger partial charge in [0.2, 0.25) is 0 Å². The van der Waals surface area contributed by atoms with E-state index in [1.165, 1.54) is 11.1 Å². The number of ether oxygens (including phenoxy) is 1. The summed E-state index contributed by atoms with van der Waals surface area (Å²) in [7, 11) is 1.71. The molecule has 1 aliphatic heterocycles. The third kappa shape index (κ3) is 7.20. The Morgan fingerprint density at radius 3 is 1.75 bits per heavy atom. The number of rotatable bonds is 8. The number of halogens is 3. The van der Waals surface area contributed by atoms with Crippen molar-refractivity contribution in [3.8, 4) is 17.1 Å². The Morgan fingerprint density at radius 2 is 1.23 bits per heavy atom. The molecule has 5 nitrogen and oxygen atoms in total. The summed E-state index contributed by atoms with van der Waals surface area (Å²) >= 11 is 0. The molecule has 0 radical (unpaired) electrons. The number of benzene rings is 3. The van der Waals surface area contributed by atoms with Gasteiger partial charge in [0.1, 0.15) is 11.6 Å². The van der Waals surface area contributed by atoms with E-state index in [4.69, 9.17) is 9.72 Å². The van der Waals surface area contributed by atoms with Gasteiger partial charge in [-0.05, 0) is 36.1 Å². The van der Waals surface area contributed by atoms with Crippen molar-refractivity contribution in [2.24, 2.45) is 5.92 Å². The van der Waals surface area contributed by atoms with E-state index in [9.17, 15) is 0 Å². The first-order valence-electron chi connectivity index (χ1n) is 13.3. The van der Waals surface area contributed by atoms with Gasteiger partial charge in [-0.15, -0.1) is 37.2 Å². The van der Waals surface area contributed by atoms with Crippen molar-refractivity contribution in [2.45, 2.75) is 32.9 Å². The average molecular weight is 604 g/mol. The van der Waals surface area contributed by atoms with Crippen LogP contribution in [0.1, 0.15) is 48.4 Å². The van der Waals surface area contributed by atoms with E-state index in [-0.39, 0.29) is 49.3 Å². The van der Waals surface area contributed by atoms with Gasteiger partial charge in [0.25, 0.3) is 0 Å². The van der Waals surface area contributed by atoms with Gasteiger partial charge >= 0.3 is 0 Å². The Labute approximate surface area is 257 Å². The van der Waals surface area contributed by atoms with Gasteiger partial charge in [-0.3, -0.25) is 9.80 Å². The van der Waals surface area contributed by atoms with Crippen molar-refractivity contribution >= 4 is 37.2 Å². The molecule has 0 spiro atoms. The first kappa shape index (κ1) is 33.7. The van der Waals surface area contributed by atoms with E-state index in [2.05, 4.69) is 102 Å². The van der Waals surface area contributed by atoms with Crippen LogP contribution in [0.25, 0.3) is 11.4 Å². The number of nitrogens with zero attached hydrogens (tertiary/aromatic N) is 3. The summed E-state index contributed by atoms with van der Waals surface area (Å²) in [5, 5.41) is 0. The van der Waals surface area contributed by atoms with Crippen LogP contribution in [0.15, 0.2) is 84.9 Å². The van der Waals surface area contributed by atoms with Crippen molar-refractivity contribution in [1.29, 1.82) is 0 Å². The highest BCUT2D eigenvalue weighted by molar-refractivity contribution is 5.86. The highest BCUT2D eigenvalue weighted by Crippen LogP contribution is 2.36.